The molecule has 0 aliphatic carbocycles. The molecule has 2 heterocycles. The molecule has 3 aromatic rings. The van der Waals surface area contributed by atoms with E-state index in [1.807, 2.05) is 30.3 Å². The summed E-state index contributed by atoms with van der Waals surface area (Å²) >= 11 is 0. The van der Waals surface area contributed by atoms with Gasteiger partial charge in [0.1, 0.15) is 0 Å². The molecular weight excluding hydrogens is 320 g/mol. The largest absolute Gasteiger partial charge is 0.350 e. The van der Waals surface area contributed by atoms with Gasteiger partial charge >= 0.3 is 0 Å². The predicted molar refractivity (Wildman–Crippen MR) is 90.0 cm³/mol. The second kappa shape index (κ2) is 6.20. The molecule has 0 bridgehead atoms. The van der Waals surface area contributed by atoms with Crippen LogP contribution in [0.4, 0.5) is 5.95 Å². The van der Waals surface area contributed by atoms with E-state index in [9.17, 15) is 9.59 Å². The number of benzene rings is 2. The molecule has 0 saturated carbocycles. The molecule has 2 amide bonds. The first-order chi connectivity index (χ1) is 12.2. The van der Waals surface area contributed by atoms with Gasteiger partial charge in [-0.15, -0.1) is 0 Å². The van der Waals surface area contributed by atoms with E-state index in [1.165, 1.54) is 4.90 Å². The van der Waals surface area contributed by atoms with Crippen molar-refractivity contribution in [1.29, 1.82) is 0 Å². The van der Waals surface area contributed by atoms with Crippen LogP contribution in [-0.2, 0) is 0 Å². The molecule has 0 unspecified atom stereocenters. The average Bonchev–Trinajstić information content (AvgIpc) is 3.22. The highest BCUT2D eigenvalue weighted by atomic mass is 16.5. The summed E-state index contributed by atoms with van der Waals surface area (Å²) in [7, 11) is 0. The SMILES string of the molecule is O=C1c2ccccc2C(=O)N1CCNc1noc(-c2ccccc2)n1. The van der Waals surface area contributed by atoms with E-state index in [4.69, 9.17) is 4.52 Å². The van der Waals surface area contributed by atoms with Gasteiger partial charge in [-0.1, -0.05) is 30.3 Å². The Labute approximate surface area is 143 Å². The van der Waals surface area contributed by atoms with E-state index >= 15 is 0 Å². The molecule has 25 heavy (non-hydrogen) atoms. The number of nitrogens with zero attached hydrogens (tertiary/aromatic N) is 3. The maximum Gasteiger partial charge on any atom is 0.263 e. The summed E-state index contributed by atoms with van der Waals surface area (Å²) < 4.78 is 5.20. The van der Waals surface area contributed by atoms with Gasteiger partial charge in [-0.25, -0.2) is 0 Å². The number of carbonyl (C=O) groups is 2. The van der Waals surface area contributed by atoms with Gasteiger partial charge in [-0.05, 0) is 29.4 Å². The van der Waals surface area contributed by atoms with Crippen molar-refractivity contribution in [2.45, 2.75) is 0 Å². The highest BCUT2D eigenvalue weighted by molar-refractivity contribution is 6.21. The van der Waals surface area contributed by atoms with Crippen molar-refractivity contribution < 1.29 is 14.1 Å². The average molecular weight is 334 g/mol. The number of carbonyl (C=O) groups excluding carboxylic acids is 2. The van der Waals surface area contributed by atoms with Crippen LogP contribution in [0.5, 0.6) is 0 Å². The van der Waals surface area contributed by atoms with Gasteiger partial charge in [-0.3, -0.25) is 14.5 Å². The van der Waals surface area contributed by atoms with E-state index in [0.29, 0.717) is 29.5 Å². The van der Waals surface area contributed by atoms with Gasteiger partial charge < -0.3 is 9.84 Å². The number of hydrogen-bond acceptors (Lipinski definition) is 6. The second-order valence-electron chi connectivity index (χ2n) is 5.52. The lowest BCUT2D eigenvalue weighted by Gasteiger charge is -2.13. The lowest BCUT2D eigenvalue weighted by atomic mass is 10.1. The zero-order valence-electron chi connectivity index (χ0n) is 13.2. The number of anilines is 1. The molecule has 2 aromatic carbocycles. The van der Waals surface area contributed by atoms with Gasteiger partial charge in [0.2, 0.25) is 0 Å². The van der Waals surface area contributed by atoms with Crippen LogP contribution in [0.25, 0.3) is 11.5 Å². The topological polar surface area (TPSA) is 88.3 Å². The Morgan fingerprint density at radius 2 is 1.56 bits per heavy atom. The molecule has 0 radical (unpaired) electrons. The van der Waals surface area contributed by atoms with E-state index in [1.54, 1.807) is 24.3 Å². The number of amides is 2. The third kappa shape index (κ3) is 2.76. The maximum absolute atomic E-state index is 12.3. The van der Waals surface area contributed by atoms with Crippen molar-refractivity contribution in [3.63, 3.8) is 0 Å². The minimum absolute atomic E-state index is 0.224. The molecule has 7 heteroatoms. The van der Waals surface area contributed by atoms with Crippen molar-refractivity contribution in [2.24, 2.45) is 0 Å². The van der Waals surface area contributed by atoms with E-state index in [-0.39, 0.29) is 18.4 Å². The lowest BCUT2D eigenvalue weighted by molar-refractivity contribution is 0.0660. The van der Waals surface area contributed by atoms with Crippen molar-refractivity contribution in [1.82, 2.24) is 15.0 Å². The minimum atomic E-state index is -0.277. The normalized spacial score (nSPS) is 13.2. The van der Waals surface area contributed by atoms with Crippen LogP contribution < -0.4 is 5.32 Å². The van der Waals surface area contributed by atoms with Gasteiger partial charge in [0.25, 0.3) is 23.7 Å². The predicted octanol–water partition coefficient (Wildman–Crippen LogP) is 2.44. The highest BCUT2D eigenvalue weighted by Gasteiger charge is 2.34. The van der Waals surface area contributed by atoms with Gasteiger partial charge in [-0.2, -0.15) is 4.98 Å². The van der Waals surface area contributed by atoms with Crippen LogP contribution in [0, 0.1) is 0 Å². The van der Waals surface area contributed by atoms with Crippen molar-refractivity contribution in [3.05, 3.63) is 65.7 Å². The minimum Gasteiger partial charge on any atom is -0.350 e. The fourth-order valence-electron chi connectivity index (χ4n) is 2.71. The van der Waals surface area contributed by atoms with Crippen LogP contribution >= 0.6 is 0 Å². The molecule has 1 aromatic heterocycles. The molecule has 0 spiro atoms. The smallest absolute Gasteiger partial charge is 0.263 e. The first-order valence-electron chi connectivity index (χ1n) is 7.82. The summed E-state index contributed by atoms with van der Waals surface area (Å²) in [4.78, 5) is 30.0. The number of hydrogen-bond donors (Lipinski definition) is 1. The zero-order valence-corrected chi connectivity index (χ0v) is 13.2. The Kier molecular flexibility index (Phi) is 3.74. The molecule has 0 saturated heterocycles. The molecule has 1 aliphatic heterocycles. The van der Waals surface area contributed by atoms with Crippen LogP contribution in [0.3, 0.4) is 0 Å². The molecule has 0 atom stereocenters. The fourth-order valence-corrected chi connectivity index (χ4v) is 2.71. The quantitative estimate of drug-likeness (QED) is 0.721. The molecular formula is C18H14N4O3. The Balaban J connectivity index is 1.39. The molecule has 4 rings (SSSR count). The van der Waals surface area contributed by atoms with Crippen molar-refractivity contribution in [3.8, 4) is 11.5 Å². The summed E-state index contributed by atoms with van der Waals surface area (Å²) in [6.07, 6.45) is 0. The molecule has 0 fully saturated rings. The summed E-state index contributed by atoms with van der Waals surface area (Å²) in [5, 5.41) is 6.82. The first-order valence-corrected chi connectivity index (χ1v) is 7.82. The zero-order chi connectivity index (χ0) is 17.2. The highest BCUT2D eigenvalue weighted by Crippen LogP contribution is 2.22. The number of fused-ring (bicyclic) bond motifs is 1. The third-order valence-electron chi connectivity index (χ3n) is 3.94. The number of rotatable bonds is 5. The van der Waals surface area contributed by atoms with E-state index in [2.05, 4.69) is 15.5 Å². The van der Waals surface area contributed by atoms with E-state index in [0.717, 1.165) is 5.56 Å². The second-order valence-corrected chi connectivity index (χ2v) is 5.52. The summed E-state index contributed by atoms with van der Waals surface area (Å²) in [5.74, 6) is 0.167. The standard InChI is InChI=1S/C18H14N4O3/c23-16-13-8-4-5-9-14(13)17(24)22(16)11-10-19-18-20-15(25-21-18)12-6-2-1-3-7-12/h1-9H,10-11H2,(H,19,21). The van der Waals surface area contributed by atoms with Crippen LogP contribution in [0.1, 0.15) is 20.7 Å². The molecule has 124 valence electrons. The summed E-state index contributed by atoms with van der Waals surface area (Å²) in [5.41, 5.74) is 1.71. The van der Waals surface area contributed by atoms with Crippen LogP contribution in [0.15, 0.2) is 59.1 Å². The molecule has 1 aliphatic rings. The Hall–Kier alpha value is -3.48. The Morgan fingerprint density at radius 1 is 0.920 bits per heavy atom. The van der Waals surface area contributed by atoms with Crippen LogP contribution in [0.2, 0.25) is 0 Å². The lowest BCUT2D eigenvalue weighted by Crippen LogP contribution is -2.34. The number of aromatic nitrogens is 2. The third-order valence-corrected chi connectivity index (χ3v) is 3.94. The Morgan fingerprint density at radius 3 is 2.24 bits per heavy atom. The molecule has 1 N–H and O–H groups in total. The van der Waals surface area contributed by atoms with Gasteiger partial charge in [0.15, 0.2) is 0 Å². The van der Waals surface area contributed by atoms with Crippen molar-refractivity contribution >= 4 is 17.8 Å². The number of nitrogens with one attached hydrogen (secondary N) is 1. The van der Waals surface area contributed by atoms with Crippen LogP contribution in [-0.4, -0.2) is 39.9 Å². The fraction of sp³-hybridized carbons (Fsp3) is 0.111. The molecule has 7 nitrogen and oxygen atoms in total. The maximum atomic E-state index is 12.3. The Bertz CT molecular complexity index is 901. The summed E-state index contributed by atoms with van der Waals surface area (Å²) in [6.45, 7) is 0.556. The van der Waals surface area contributed by atoms with Crippen molar-refractivity contribution in [2.75, 3.05) is 18.4 Å². The first kappa shape index (κ1) is 15.1. The monoisotopic (exact) mass is 334 g/mol. The van der Waals surface area contributed by atoms with Gasteiger partial charge in [0.05, 0.1) is 11.1 Å². The number of imide groups is 1. The van der Waals surface area contributed by atoms with Gasteiger partial charge in [0, 0.05) is 18.7 Å². The van der Waals surface area contributed by atoms with E-state index < -0.39 is 0 Å². The summed E-state index contributed by atoms with van der Waals surface area (Å²) in [6, 6.07) is 16.2.